The summed E-state index contributed by atoms with van der Waals surface area (Å²) in [7, 11) is 0. The topological polar surface area (TPSA) is 91.4 Å². The Morgan fingerprint density at radius 3 is 2.59 bits per heavy atom. The average Bonchev–Trinajstić information content (AvgIpc) is 3.16. The van der Waals surface area contributed by atoms with E-state index >= 15 is 0 Å². The van der Waals surface area contributed by atoms with E-state index in [-0.39, 0.29) is 6.54 Å². The molecule has 1 aliphatic rings. The molecule has 1 fully saturated rings. The molecule has 7 nitrogen and oxygen atoms in total. The Morgan fingerprint density at radius 2 is 1.85 bits per heavy atom. The molecule has 8 heteroatoms. The molecule has 1 atom stereocenters. The lowest BCUT2D eigenvalue weighted by Crippen LogP contribution is -2.42. The molecule has 3 aromatic rings. The molecule has 2 aromatic carbocycles. The minimum absolute atomic E-state index is 0.372. The van der Waals surface area contributed by atoms with Crippen LogP contribution < -0.4 is 10.6 Å². The number of aromatic nitrogens is 1. The maximum absolute atomic E-state index is 12.8. The SMILES string of the molecule is CC1(c2ccccc2)NC(=O)N(CC(=O)Nc2nc3ccccc3s2)C1=O. The highest BCUT2D eigenvalue weighted by Gasteiger charge is 2.49. The summed E-state index contributed by atoms with van der Waals surface area (Å²) in [4.78, 5) is 42.7. The maximum Gasteiger partial charge on any atom is 0.325 e. The van der Waals surface area contributed by atoms with E-state index in [0.717, 1.165) is 15.1 Å². The Balaban J connectivity index is 1.49. The van der Waals surface area contributed by atoms with Crippen LogP contribution in [0.5, 0.6) is 0 Å². The van der Waals surface area contributed by atoms with Crippen molar-refractivity contribution in [3.05, 3.63) is 60.2 Å². The number of nitrogens with one attached hydrogen (secondary N) is 2. The molecule has 0 saturated carbocycles. The molecule has 1 unspecified atom stereocenters. The Morgan fingerprint density at radius 1 is 1.15 bits per heavy atom. The van der Waals surface area contributed by atoms with Gasteiger partial charge in [0.25, 0.3) is 5.91 Å². The third-order valence-electron chi connectivity index (χ3n) is 4.47. The Hall–Kier alpha value is -3.26. The number of nitrogens with zero attached hydrogens (tertiary/aromatic N) is 2. The normalized spacial score (nSPS) is 19.4. The van der Waals surface area contributed by atoms with E-state index in [1.54, 1.807) is 31.2 Å². The zero-order valence-corrected chi connectivity index (χ0v) is 15.2. The fourth-order valence-electron chi connectivity index (χ4n) is 3.04. The predicted molar refractivity (Wildman–Crippen MR) is 102 cm³/mol. The van der Waals surface area contributed by atoms with E-state index in [9.17, 15) is 14.4 Å². The lowest BCUT2D eigenvalue weighted by Gasteiger charge is -2.21. The smallest absolute Gasteiger partial charge is 0.319 e. The summed E-state index contributed by atoms with van der Waals surface area (Å²) in [6, 6.07) is 15.9. The minimum atomic E-state index is -1.19. The molecule has 27 heavy (non-hydrogen) atoms. The number of urea groups is 1. The first kappa shape index (κ1) is 17.2. The van der Waals surface area contributed by atoms with Crippen LogP contribution in [0.2, 0.25) is 0 Å². The third kappa shape index (κ3) is 3.04. The molecule has 4 rings (SSSR count). The fraction of sp³-hybridized carbons (Fsp3) is 0.158. The number of anilines is 1. The van der Waals surface area contributed by atoms with Gasteiger partial charge < -0.3 is 10.6 Å². The molecule has 0 spiro atoms. The molecular weight excluding hydrogens is 364 g/mol. The molecule has 136 valence electrons. The number of fused-ring (bicyclic) bond motifs is 1. The second-order valence-corrected chi connectivity index (χ2v) is 7.38. The molecule has 2 N–H and O–H groups in total. The third-order valence-corrected chi connectivity index (χ3v) is 5.42. The van der Waals surface area contributed by atoms with E-state index < -0.39 is 23.4 Å². The van der Waals surface area contributed by atoms with Crippen LogP contribution in [0.15, 0.2) is 54.6 Å². The van der Waals surface area contributed by atoms with E-state index in [1.807, 2.05) is 30.3 Å². The number of benzene rings is 2. The molecule has 1 saturated heterocycles. The monoisotopic (exact) mass is 380 g/mol. The standard InChI is InChI=1S/C19H16N4O3S/c1-19(12-7-3-2-4-8-12)16(25)23(18(26)22-19)11-15(24)21-17-20-13-9-5-6-10-14(13)27-17/h2-10H,11H2,1H3,(H,22,26)(H,20,21,24). The number of carbonyl (C=O) groups excluding carboxylic acids is 3. The first-order chi connectivity index (χ1) is 13.0. The van der Waals surface area contributed by atoms with Crippen molar-refractivity contribution in [2.75, 3.05) is 11.9 Å². The van der Waals surface area contributed by atoms with Crippen molar-refractivity contribution in [3.63, 3.8) is 0 Å². The van der Waals surface area contributed by atoms with Crippen molar-refractivity contribution < 1.29 is 14.4 Å². The fourth-order valence-corrected chi connectivity index (χ4v) is 3.92. The molecule has 0 bridgehead atoms. The van der Waals surface area contributed by atoms with Gasteiger partial charge in [-0.2, -0.15) is 0 Å². The van der Waals surface area contributed by atoms with Gasteiger partial charge in [0.2, 0.25) is 5.91 Å². The molecule has 0 aliphatic carbocycles. The van der Waals surface area contributed by atoms with Crippen molar-refractivity contribution in [3.8, 4) is 0 Å². The van der Waals surface area contributed by atoms with Crippen LogP contribution in [-0.4, -0.2) is 34.3 Å². The number of para-hydroxylation sites is 1. The summed E-state index contributed by atoms with van der Waals surface area (Å²) in [5, 5.41) is 5.77. The van der Waals surface area contributed by atoms with Gasteiger partial charge in [-0.05, 0) is 24.6 Å². The van der Waals surface area contributed by atoms with Gasteiger partial charge in [-0.25, -0.2) is 9.78 Å². The van der Waals surface area contributed by atoms with Gasteiger partial charge in [-0.1, -0.05) is 53.8 Å². The Labute approximate surface area is 159 Å². The van der Waals surface area contributed by atoms with E-state index in [1.165, 1.54) is 11.3 Å². The predicted octanol–water partition coefficient (Wildman–Crippen LogP) is 2.70. The second-order valence-electron chi connectivity index (χ2n) is 6.35. The largest absolute Gasteiger partial charge is 0.325 e. The van der Waals surface area contributed by atoms with Gasteiger partial charge in [0.05, 0.1) is 10.2 Å². The van der Waals surface area contributed by atoms with E-state index in [0.29, 0.717) is 10.7 Å². The highest BCUT2D eigenvalue weighted by atomic mass is 32.1. The number of hydrogen-bond donors (Lipinski definition) is 2. The maximum atomic E-state index is 12.8. The molecular formula is C19H16N4O3S. The highest BCUT2D eigenvalue weighted by Crippen LogP contribution is 2.29. The van der Waals surface area contributed by atoms with Crippen molar-refractivity contribution in [2.24, 2.45) is 0 Å². The van der Waals surface area contributed by atoms with Crippen LogP contribution in [0.1, 0.15) is 12.5 Å². The summed E-state index contributed by atoms with van der Waals surface area (Å²) in [6.45, 7) is 1.26. The average molecular weight is 380 g/mol. The summed E-state index contributed by atoms with van der Waals surface area (Å²) >= 11 is 1.33. The number of amides is 4. The Bertz CT molecular complexity index is 1020. The van der Waals surface area contributed by atoms with Crippen molar-refractivity contribution >= 4 is 44.5 Å². The van der Waals surface area contributed by atoms with Gasteiger partial charge in [-0.15, -0.1) is 0 Å². The number of carbonyl (C=O) groups is 3. The van der Waals surface area contributed by atoms with Crippen LogP contribution in [0, 0.1) is 0 Å². The zero-order chi connectivity index (χ0) is 19.0. The first-order valence-corrected chi connectivity index (χ1v) is 9.14. The van der Waals surface area contributed by atoms with Crippen LogP contribution in [0.4, 0.5) is 9.93 Å². The number of rotatable bonds is 4. The summed E-state index contributed by atoms with van der Waals surface area (Å²) in [5.41, 5.74) is 0.260. The zero-order valence-electron chi connectivity index (χ0n) is 14.4. The number of hydrogen-bond acceptors (Lipinski definition) is 5. The number of thiazole rings is 1. The highest BCUT2D eigenvalue weighted by molar-refractivity contribution is 7.22. The van der Waals surface area contributed by atoms with Crippen molar-refractivity contribution in [2.45, 2.75) is 12.5 Å². The molecule has 4 amide bonds. The molecule has 2 heterocycles. The summed E-state index contributed by atoms with van der Waals surface area (Å²) in [5.74, 6) is -0.937. The first-order valence-electron chi connectivity index (χ1n) is 8.32. The van der Waals surface area contributed by atoms with Gasteiger partial charge in [-0.3, -0.25) is 14.5 Å². The number of imide groups is 1. The second kappa shape index (κ2) is 6.48. The van der Waals surface area contributed by atoms with Gasteiger partial charge in [0, 0.05) is 0 Å². The Kier molecular flexibility index (Phi) is 4.12. The van der Waals surface area contributed by atoms with E-state index in [4.69, 9.17) is 0 Å². The van der Waals surface area contributed by atoms with E-state index in [2.05, 4.69) is 15.6 Å². The quantitative estimate of drug-likeness (QED) is 0.681. The van der Waals surface area contributed by atoms with Crippen LogP contribution in [0.3, 0.4) is 0 Å². The van der Waals surface area contributed by atoms with Gasteiger partial charge >= 0.3 is 6.03 Å². The van der Waals surface area contributed by atoms with Crippen LogP contribution in [-0.2, 0) is 15.1 Å². The lowest BCUT2D eigenvalue weighted by molar-refractivity contribution is -0.133. The molecule has 1 aromatic heterocycles. The molecule has 0 radical (unpaired) electrons. The van der Waals surface area contributed by atoms with Crippen LogP contribution in [0.25, 0.3) is 10.2 Å². The van der Waals surface area contributed by atoms with Crippen molar-refractivity contribution in [1.29, 1.82) is 0 Å². The summed E-state index contributed by atoms with van der Waals surface area (Å²) < 4.78 is 0.944. The van der Waals surface area contributed by atoms with Crippen LogP contribution >= 0.6 is 11.3 Å². The lowest BCUT2D eigenvalue weighted by atomic mass is 9.92. The van der Waals surface area contributed by atoms with Gasteiger partial charge in [0.1, 0.15) is 12.1 Å². The van der Waals surface area contributed by atoms with Crippen molar-refractivity contribution in [1.82, 2.24) is 15.2 Å². The summed E-state index contributed by atoms with van der Waals surface area (Å²) in [6.07, 6.45) is 0. The molecule has 1 aliphatic heterocycles. The minimum Gasteiger partial charge on any atom is -0.319 e. The van der Waals surface area contributed by atoms with Gasteiger partial charge in [0.15, 0.2) is 5.13 Å².